The molecule has 0 unspecified atom stereocenters. The van der Waals surface area contributed by atoms with E-state index < -0.39 is 0 Å². The van der Waals surface area contributed by atoms with Crippen molar-refractivity contribution in [1.29, 1.82) is 0 Å². The number of aryl methyl sites for hydroxylation is 1. The predicted octanol–water partition coefficient (Wildman–Crippen LogP) is 6.51. The second kappa shape index (κ2) is 9.01. The molecule has 3 aromatic carbocycles. The van der Waals surface area contributed by atoms with Crippen LogP contribution < -0.4 is 10.2 Å². The minimum atomic E-state index is -0.233. The molecule has 2 aromatic heterocycles. The molecular weight excluding hydrogens is 414 g/mol. The fraction of sp³-hybridized carbons (Fsp3) is 0.0714. The van der Waals surface area contributed by atoms with Crippen molar-refractivity contribution in [2.75, 3.05) is 0 Å². The Morgan fingerprint density at radius 3 is 2.48 bits per heavy atom. The van der Waals surface area contributed by atoms with E-state index in [1.165, 1.54) is 5.56 Å². The fourth-order valence-corrected chi connectivity index (χ4v) is 3.51. The van der Waals surface area contributed by atoms with Crippen LogP contribution in [0.4, 0.5) is 0 Å². The lowest BCUT2D eigenvalue weighted by molar-refractivity contribution is 0.242. The van der Waals surface area contributed by atoms with Crippen LogP contribution in [0.25, 0.3) is 34.4 Å². The number of benzene rings is 3. The molecule has 0 spiro atoms. The zero-order valence-corrected chi connectivity index (χ0v) is 18.0. The highest BCUT2D eigenvalue weighted by Crippen LogP contribution is 2.25. The summed E-state index contributed by atoms with van der Waals surface area (Å²) < 4.78 is 17.4. The molecule has 0 bridgehead atoms. The Hall–Kier alpha value is -4.38. The van der Waals surface area contributed by atoms with Gasteiger partial charge >= 0.3 is 0 Å². The molecule has 162 valence electrons. The van der Waals surface area contributed by atoms with Crippen molar-refractivity contribution in [3.05, 3.63) is 118 Å². The number of hydrogen-bond donors (Lipinski definition) is 0. The zero-order valence-electron chi connectivity index (χ0n) is 18.0. The lowest BCUT2D eigenvalue weighted by Gasteiger charge is -2.08. The first-order valence-electron chi connectivity index (χ1n) is 10.6. The van der Waals surface area contributed by atoms with E-state index in [1.807, 2.05) is 79.7 Å². The van der Waals surface area contributed by atoms with Crippen LogP contribution in [0.2, 0.25) is 0 Å². The molecular formula is C28H21NO4. The second-order valence-electron chi connectivity index (χ2n) is 7.70. The van der Waals surface area contributed by atoms with E-state index in [1.54, 1.807) is 24.3 Å². The van der Waals surface area contributed by atoms with Gasteiger partial charge in [0.2, 0.25) is 11.2 Å². The highest BCUT2D eigenvalue weighted by molar-refractivity contribution is 5.81. The van der Waals surface area contributed by atoms with E-state index in [4.69, 9.17) is 13.7 Å². The third-order valence-corrected chi connectivity index (χ3v) is 5.27. The maximum absolute atomic E-state index is 13.2. The van der Waals surface area contributed by atoms with Crippen LogP contribution in [0.5, 0.6) is 5.75 Å². The first-order chi connectivity index (χ1) is 16.2. The van der Waals surface area contributed by atoms with Gasteiger partial charge in [0.15, 0.2) is 11.5 Å². The van der Waals surface area contributed by atoms with Gasteiger partial charge in [-0.3, -0.25) is 4.79 Å². The first-order valence-corrected chi connectivity index (χ1v) is 10.6. The summed E-state index contributed by atoms with van der Waals surface area (Å²) in [6, 6.07) is 26.7. The molecule has 0 amide bonds. The second-order valence-corrected chi connectivity index (χ2v) is 7.70. The van der Waals surface area contributed by atoms with E-state index in [-0.39, 0.29) is 17.8 Å². The average Bonchev–Trinajstić information content (AvgIpc) is 3.32. The van der Waals surface area contributed by atoms with Gasteiger partial charge in [0, 0.05) is 11.6 Å². The van der Waals surface area contributed by atoms with Gasteiger partial charge in [0.1, 0.15) is 17.9 Å². The monoisotopic (exact) mass is 435 g/mol. The fourth-order valence-electron chi connectivity index (χ4n) is 3.51. The van der Waals surface area contributed by atoms with E-state index in [2.05, 4.69) is 5.16 Å². The number of para-hydroxylation sites is 1. The molecule has 0 atom stereocenters. The summed E-state index contributed by atoms with van der Waals surface area (Å²) in [7, 11) is 0. The van der Waals surface area contributed by atoms with Gasteiger partial charge in [-0.1, -0.05) is 83.5 Å². The Labute approximate surface area is 190 Å². The maximum Gasteiger partial charge on any atom is 0.235 e. The van der Waals surface area contributed by atoms with E-state index in [0.717, 1.165) is 11.1 Å². The minimum absolute atomic E-state index is 0.0497. The van der Waals surface area contributed by atoms with Gasteiger partial charge in [-0.2, -0.15) is 0 Å². The van der Waals surface area contributed by atoms with E-state index in [9.17, 15) is 4.79 Å². The molecule has 5 nitrogen and oxygen atoms in total. The van der Waals surface area contributed by atoms with Gasteiger partial charge in [-0.05, 0) is 30.7 Å². The average molecular weight is 435 g/mol. The van der Waals surface area contributed by atoms with Crippen LogP contribution in [-0.2, 0) is 6.61 Å². The van der Waals surface area contributed by atoms with Crippen LogP contribution in [0.1, 0.15) is 22.6 Å². The van der Waals surface area contributed by atoms with Crippen LogP contribution in [0.15, 0.2) is 98.7 Å². The zero-order chi connectivity index (χ0) is 22.6. The third kappa shape index (κ3) is 4.48. The van der Waals surface area contributed by atoms with Crippen molar-refractivity contribution in [2.24, 2.45) is 0 Å². The summed E-state index contributed by atoms with van der Waals surface area (Å²) in [4.78, 5) is 13.2. The summed E-state index contributed by atoms with van der Waals surface area (Å²) in [6.07, 6.45) is 3.63. The molecule has 0 aliphatic heterocycles. The number of rotatable bonds is 6. The van der Waals surface area contributed by atoms with Crippen LogP contribution in [-0.4, -0.2) is 5.16 Å². The standard InChI is InChI=1S/C28H21NO4/c1-19-11-14-21(15-12-19)24-17-22(33-29-24)18-31-28-26(16-13-20-7-3-2-4-8-20)32-25-10-6-5-9-23(25)27(28)30/h2-17H,18H2,1H3/b16-13+. The Balaban J connectivity index is 1.45. The summed E-state index contributed by atoms with van der Waals surface area (Å²) in [5.74, 6) is 0.992. The molecule has 33 heavy (non-hydrogen) atoms. The van der Waals surface area contributed by atoms with E-state index >= 15 is 0 Å². The Morgan fingerprint density at radius 1 is 0.909 bits per heavy atom. The largest absolute Gasteiger partial charge is 0.478 e. The molecule has 0 aliphatic carbocycles. The number of fused-ring (bicyclic) bond motifs is 1. The van der Waals surface area contributed by atoms with Gasteiger partial charge in [0.25, 0.3) is 0 Å². The molecule has 0 aliphatic rings. The lowest BCUT2D eigenvalue weighted by Crippen LogP contribution is -2.10. The van der Waals surface area contributed by atoms with Gasteiger partial charge < -0.3 is 13.7 Å². The highest BCUT2D eigenvalue weighted by Gasteiger charge is 2.16. The lowest BCUT2D eigenvalue weighted by atomic mass is 10.1. The maximum atomic E-state index is 13.2. The van der Waals surface area contributed by atoms with Crippen molar-refractivity contribution in [3.63, 3.8) is 0 Å². The van der Waals surface area contributed by atoms with Crippen molar-refractivity contribution in [3.8, 4) is 17.0 Å². The van der Waals surface area contributed by atoms with E-state index in [0.29, 0.717) is 28.2 Å². The van der Waals surface area contributed by atoms with Gasteiger partial charge in [-0.25, -0.2) is 0 Å². The first kappa shape index (κ1) is 20.5. The molecule has 0 saturated carbocycles. The minimum Gasteiger partial charge on any atom is -0.478 e. The summed E-state index contributed by atoms with van der Waals surface area (Å²) >= 11 is 0. The molecule has 5 aromatic rings. The van der Waals surface area contributed by atoms with Gasteiger partial charge in [-0.15, -0.1) is 0 Å². The normalized spacial score (nSPS) is 11.3. The molecule has 5 rings (SSSR count). The summed E-state index contributed by atoms with van der Waals surface area (Å²) in [6.45, 7) is 2.08. The Bertz CT molecular complexity index is 1480. The van der Waals surface area contributed by atoms with Crippen LogP contribution in [0, 0.1) is 6.92 Å². The Morgan fingerprint density at radius 2 is 1.67 bits per heavy atom. The molecule has 5 heteroatoms. The molecule has 0 N–H and O–H groups in total. The Kier molecular flexibility index (Phi) is 5.60. The summed E-state index contributed by atoms with van der Waals surface area (Å²) in [5.41, 5.74) is 4.09. The van der Waals surface area contributed by atoms with Crippen molar-refractivity contribution in [1.82, 2.24) is 5.16 Å². The van der Waals surface area contributed by atoms with Crippen molar-refractivity contribution < 1.29 is 13.7 Å². The number of nitrogens with zero attached hydrogens (tertiary/aromatic N) is 1. The van der Waals surface area contributed by atoms with Gasteiger partial charge in [0.05, 0.1) is 5.39 Å². The third-order valence-electron chi connectivity index (χ3n) is 5.27. The number of aromatic nitrogens is 1. The molecule has 2 heterocycles. The molecule has 0 saturated heterocycles. The molecule has 0 radical (unpaired) electrons. The molecule has 0 fully saturated rings. The quantitative estimate of drug-likeness (QED) is 0.304. The van der Waals surface area contributed by atoms with Crippen LogP contribution >= 0.6 is 0 Å². The topological polar surface area (TPSA) is 65.5 Å². The predicted molar refractivity (Wildman–Crippen MR) is 129 cm³/mol. The smallest absolute Gasteiger partial charge is 0.235 e. The number of hydrogen-bond acceptors (Lipinski definition) is 5. The highest BCUT2D eigenvalue weighted by atomic mass is 16.5. The number of ether oxygens (including phenoxy) is 1. The van der Waals surface area contributed by atoms with Crippen molar-refractivity contribution >= 4 is 23.1 Å². The SMILES string of the molecule is Cc1ccc(-c2cc(COc3c(/C=C/c4ccccc4)oc4ccccc4c3=O)on2)cc1. The van der Waals surface area contributed by atoms with Crippen LogP contribution in [0.3, 0.4) is 0 Å². The van der Waals surface area contributed by atoms with Crippen molar-refractivity contribution in [2.45, 2.75) is 13.5 Å². The summed E-state index contributed by atoms with van der Waals surface area (Å²) in [5, 5.41) is 4.59.